The van der Waals surface area contributed by atoms with E-state index in [0.717, 1.165) is 44.0 Å². The second-order valence-corrected chi connectivity index (χ2v) is 6.86. The van der Waals surface area contributed by atoms with Crippen LogP contribution in [0.5, 0.6) is 0 Å². The summed E-state index contributed by atoms with van der Waals surface area (Å²) >= 11 is 0. The number of likely N-dealkylation sites (N-methyl/N-ethyl adjacent to an activating group) is 1. The van der Waals surface area contributed by atoms with E-state index in [-0.39, 0.29) is 11.8 Å². The molecule has 2 aliphatic rings. The first kappa shape index (κ1) is 17.7. The van der Waals surface area contributed by atoms with Crippen LogP contribution in [0.25, 0.3) is 0 Å². The lowest BCUT2D eigenvalue weighted by Crippen LogP contribution is -2.46. The van der Waals surface area contributed by atoms with Crippen LogP contribution in [-0.4, -0.2) is 72.4 Å². The normalized spacial score (nSPS) is 20.0. The van der Waals surface area contributed by atoms with Crippen molar-refractivity contribution in [1.29, 1.82) is 0 Å². The molecule has 136 valence electrons. The van der Waals surface area contributed by atoms with Crippen LogP contribution < -0.4 is 10.2 Å². The molecule has 2 aliphatic heterocycles. The molecule has 0 unspecified atom stereocenters. The summed E-state index contributed by atoms with van der Waals surface area (Å²) in [6.45, 7) is 6.80. The third-order valence-electron chi connectivity index (χ3n) is 5.08. The average Bonchev–Trinajstić information content (AvgIpc) is 3.06. The van der Waals surface area contributed by atoms with Crippen LogP contribution in [0.1, 0.15) is 25.3 Å². The second-order valence-electron chi connectivity index (χ2n) is 6.86. The molecule has 0 spiro atoms. The lowest BCUT2D eigenvalue weighted by atomic mass is 10.2. The van der Waals surface area contributed by atoms with E-state index < -0.39 is 6.04 Å². The number of pyridine rings is 1. The number of amides is 2. The molecule has 3 rings (SSSR count). The Labute approximate surface area is 149 Å². The number of carbonyl (C=O) groups excluding carboxylic acids is 2. The molecular weight excluding hydrogens is 318 g/mol. The molecule has 7 heteroatoms. The number of hydrogen-bond donors (Lipinski definition) is 1. The summed E-state index contributed by atoms with van der Waals surface area (Å²) in [6.07, 6.45) is 3.19. The first-order valence-corrected chi connectivity index (χ1v) is 9.01. The van der Waals surface area contributed by atoms with Gasteiger partial charge in [-0.15, -0.1) is 0 Å². The van der Waals surface area contributed by atoms with E-state index in [1.807, 2.05) is 12.1 Å². The minimum Gasteiger partial charge on any atom is -0.354 e. The maximum atomic E-state index is 12.4. The van der Waals surface area contributed by atoms with Crippen molar-refractivity contribution in [2.24, 2.45) is 0 Å². The maximum Gasteiger partial charge on any atom is 0.242 e. The number of aromatic nitrogens is 1. The molecule has 0 bridgehead atoms. The molecule has 1 N–H and O–H groups in total. The fourth-order valence-electron chi connectivity index (χ4n) is 3.42. The molecule has 2 amide bonds. The summed E-state index contributed by atoms with van der Waals surface area (Å²) in [7, 11) is 2.12. The number of nitrogens with zero attached hydrogens (tertiary/aromatic N) is 4. The number of rotatable bonds is 5. The van der Waals surface area contributed by atoms with Crippen molar-refractivity contribution in [3.05, 3.63) is 23.9 Å². The Morgan fingerprint density at radius 3 is 2.72 bits per heavy atom. The minimum atomic E-state index is -0.418. The van der Waals surface area contributed by atoms with Crippen molar-refractivity contribution >= 4 is 17.6 Å². The fraction of sp³-hybridized carbons (Fsp3) is 0.611. The van der Waals surface area contributed by atoms with Crippen LogP contribution in [0.3, 0.4) is 0 Å². The zero-order valence-corrected chi connectivity index (χ0v) is 15.1. The molecule has 7 nitrogen and oxygen atoms in total. The Hall–Kier alpha value is -2.15. The predicted octanol–water partition coefficient (Wildman–Crippen LogP) is 0.461. The topological polar surface area (TPSA) is 68.8 Å². The van der Waals surface area contributed by atoms with Gasteiger partial charge in [0.1, 0.15) is 11.9 Å². The number of anilines is 1. The van der Waals surface area contributed by atoms with Crippen molar-refractivity contribution in [3.63, 3.8) is 0 Å². The summed E-state index contributed by atoms with van der Waals surface area (Å²) in [5.74, 6) is 0.909. The van der Waals surface area contributed by atoms with Crippen LogP contribution >= 0.6 is 0 Å². The van der Waals surface area contributed by atoms with E-state index in [2.05, 4.69) is 27.1 Å². The summed E-state index contributed by atoms with van der Waals surface area (Å²) in [5.41, 5.74) is 1.01. The molecule has 3 heterocycles. The zero-order chi connectivity index (χ0) is 17.8. The van der Waals surface area contributed by atoms with Crippen LogP contribution in [0, 0.1) is 0 Å². The third-order valence-corrected chi connectivity index (χ3v) is 5.08. The Morgan fingerprint density at radius 1 is 1.28 bits per heavy atom. The van der Waals surface area contributed by atoms with Crippen molar-refractivity contribution in [2.75, 3.05) is 44.7 Å². The lowest BCUT2D eigenvalue weighted by Gasteiger charge is -2.34. The average molecular weight is 345 g/mol. The van der Waals surface area contributed by atoms with Crippen molar-refractivity contribution in [1.82, 2.24) is 20.1 Å². The van der Waals surface area contributed by atoms with Crippen molar-refractivity contribution in [2.45, 2.75) is 32.4 Å². The number of carbonyl (C=O) groups is 2. The highest BCUT2D eigenvalue weighted by atomic mass is 16.2. The Balaban J connectivity index is 1.61. The Kier molecular flexibility index (Phi) is 5.53. The summed E-state index contributed by atoms with van der Waals surface area (Å²) in [5, 5.41) is 2.97. The van der Waals surface area contributed by atoms with E-state index in [1.54, 1.807) is 18.0 Å². The zero-order valence-electron chi connectivity index (χ0n) is 15.1. The van der Waals surface area contributed by atoms with Gasteiger partial charge in [-0.2, -0.15) is 0 Å². The van der Waals surface area contributed by atoms with Crippen molar-refractivity contribution in [3.8, 4) is 0 Å². The molecule has 1 aromatic heterocycles. The van der Waals surface area contributed by atoms with E-state index in [4.69, 9.17) is 0 Å². The van der Waals surface area contributed by atoms with Gasteiger partial charge in [-0.25, -0.2) is 4.98 Å². The van der Waals surface area contributed by atoms with Gasteiger partial charge in [0.05, 0.1) is 0 Å². The monoisotopic (exact) mass is 345 g/mol. The Morgan fingerprint density at radius 2 is 2.04 bits per heavy atom. The smallest absolute Gasteiger partial charge is 0.242 e. The highest BCUT2D eigenvalue weighted by molar-refractivity contribution is 5.88. The Bertz CT molecular complexity index is 628. The molecule has 25 heavy (non-hydrogen) atoms. The number of hydrogen-bond acceptors (Lipinski definition) is 5. The van der Waals surface area contributed by atoms with Gasteiger partial charge in [0, 0.05) is 57.4 Å². The second kappa shape index (κ2) is 7.82. The summed E-state index contributed by atoms with van der Waals surface area (Å²) < 4.78 is 0. The van der Waals surface area contributed by atoms with E-state index in [9.17, 15) is 9.59 Å². The first-order valence-electron chi connectivity index (χ1n) is 9.01. The van der Waals surface area contributed by atoms with Gasteiger partial charge in [-0.1, -0.05) is 6.07 Å². The van der Waals surface area contributed by atoms with Crippen LogP contribution in [0.4, 0.5) is 5.82 Å². The van der Waals surface area contributed by atoms with Crippen LogP contribution in [0.15, 0.2) is 18.3 Å². The first-order chi connectivity index (χ1) is 12.1. The minimum absolute atomic E-state index is 0.0714. The summed E-state index contributed by atoms with van der Waals surface area (Å²) in [4.78, 5) is 35.0. The van der Waals surface area contributed by atoms with Gasteiger partial charge < -0.3 is 20.0 Å². The van der Waals surface area contributed by atoms with Gasteiger partial charge >= 0.3 is 0 Å². The lowest BCUT2D eigenvalue weighted by molar-refractivity contribution is -0.136. The van der Waals surface area contributed by atoms with Gasteiger partial charge in [-0.05, 0) is 26.5 Å². The van der Waals surface area contributed by atoms with E-state index in [0.29, 0.717) is 19.5 Å². The molecular formula is C18H27N5O2. The quantitative estimate of drug-likeness (QED) is 0.840. The van der Waals surface area contributed by atoms with Gasteiger partial charge in [0.2, 0.25) is 11.8 Å². The molecule has 0 aliphatic carbocycles. The van der Waals surface area contributed by atoms with Crippen LogP contribution in [-0.2, 0) is 16.1 Å². The standard InChI is InChI=1S/C18H27N5O2/c1-14(23-8-4-6-16(23)24)18(25)20-13-15-5-3-7-19-17(15)22-11-9-21(2)10-12-22/h3,5,7,14H,4,6,8-13H2,1-2H3,(H,20,25)/t14-/m1/s1. The predicted molar refractivity (Wildman–Crippen MR) is 96.2 cm³/mol. The largest absolute Gasteiger partial charge is 0.354 e. The van der Waals surface area contributed by atoms with E-state index in [1.165, 1.54) is 0 Å². The molecule has 0 saturated carbocycles. The molecule has 1 aromatic rings. The molecule has 2 fully saturated rings. The van der Waals surface area contributed by atoms with E-state index >= 15 is 0 Å². The third kappa shape index (κ3) is 4.10. The number of piperazine rings is 1. The van der Waals surface area contributed by atoms with Gasteiger partial charge in [0.15, 0.2) is 0 Å². The molecule has 0 aromatic carbocycles. The van der Waals surface area contributed by atoms with Crippen molar-refractivity contribution < 1.29 is 9.59 Å². The SMILES string of the molecule is C[C@H](C(=O)NCc1cccnc1N1CCN(C)CC1)N1CCCC1=O. The highest BCUT2D eigenvalue weighted by Crippen LogP contribution is 2.19. The molecule has 2 saturated heterocycles. The maximum absolute atomic E-state index is 12.4. The van der Waals surface area contributed by atoms with Crippen LogP contribution in [0.2, 0.25) is 0 Å². The van der Waals surface area contributed by atoms with Gasteiger partial charge in [0.25, 0.3) is 0 Å². The van der Waals surface area contributed by atoms with Gasteiger partial charge in [-0.3, -0.25) is 9.59 Å². The highest BCUT2D eigenvalue weighted by Gasteiger charge is 2.29. The number of nitrogens with one attached hydrogen (secondary N) is 1. The summed E-state index contributed by atoms with van der Waals surface area (Å²) in [6, 6.07) is 3.49. The molecule has 1 atom stereocenters. The molecule has 0 radical (unpaired) electrons. The number of likely N-dealkylation sites (tertiary alicyclic amines) is 1. The fourth-order valence-corrected chi connectivity index (χ4v) is 3.42.